The number of aromatic nitrogens is 2. The van der Waals surface area contributed by atoms with E-state index in [0.717, 1.165) is 12.8 Å². The van der Waals surface area contributed by atoms with E-state index >= 15 is 0 Å². The Balaban J connectivity index is 1.55. The average Bonchev–Trinajstić information content (AvgIpc) is 2.73. The van der Waals surface area contributed by atoms with Crippen LogP contribution in [0.25, 0.3) is 0 Å². The van der Waals surface area contributed by atoms with Gasteiger partial charge in [-0.25, -0.2) is 4.98 Å². The summed E-state index contributed by atoms with van der Waals surface area (Å²) in [5.41, 5.74) is 0.306. The number of nitrogens with zero attached hydrogens (tertiary/aromatic N) is 4. The van der Waals surface area contributed by atoms with Crippen molar-refractivity contribution in [1.29, 1.82) is 0 Å². The molecule has 0 spiro atoms. The standard InChI is InChI=1S/C19H26N4O4/c1-2-27-19(26)14-5-10-22(11-6-14)17(24)15-4-3-9-23(13-15)18(25)16-12-20-7-8-21-16/h7-8,12,14-15H,2-6,9-11,13H2,1H3. The number of carbonyl (C=O) groups is 3. The molecule has 2 amide bonds. The Morgan fingerprint density at radius 3 is 2.52 bits per heavy atom. The number of piperidine rings is 2. The number of hydrogen-bond acceptors (Lipinski definition) is 6. The number of carbonyl (C=O) groups excluding carboxylic acids is 3. The van der Waals surface area contributed by atoms with E-state index in [1.165, 1.54) is 18.6 Å². The van der Waals surface area contributed by atoms with Crippen LogP contribution in [0.5, 0.6) is 0 Å². The lowest BCUT2D eigenvalue weighted by Crippen LogP contribution is -2.49. The monoisotopic (exact) mass is 374 g/mol. The molecule has 0 saturated carbocycles. The smallest absolute Gasteiger partial charge is 0.309 e. The fourth-order valence-electron chi connectivity index (χ4n) is 3.79. The third-order valence-corrected chi connectivity index (χ3v) is 5.27. The third kappa shape index (κ3) is 4.61. The van der Waals surface area contributed by atoms with Gasteiger partial charge in [0.1, 0.15) is 5.69 Å². The maximum atomic E-state index is 12.9. The van der Waals surface area contributed by atoms with Gasteiger partial charge in [-0.1, -0.05) is 0 Å². The molecule has 2 aliphatic heterocycles. The Hall–Kier alpha value is -2.51. The van der Waals surface area contributed by atoms with Crippen molar-refractivity contribution in [2.75, 3.05) is 32.8 Å². The SMILES string of the molecule is CCOC(=O)C1CCN(C(=O)C2CCCN(C(=O)c3cnccn3)C2)CC1. The average molecular weight is 374 g/mol. The van der Waals surface area contributed by atoms with Gasteiger partial charge < -0.3 is 14.5 Å². The van der Waals surface area contributed by atoms with Gasteiger partial charge in [-0.3, -0.25) is 19.4 Å². The molecular weight excluding hydrogens is 348 g/mol. The molecule has 0 aliphatic carbocycles. The van der Waals surface area contributed by atoms with Gasteiger partial charge in [0.05, 0.1) is 24.6 Å². The van der Waals surface area contributed by atoms with Crippen molar-refractivity contribution in [3.05, 3.63) is 24.3 Å². The predicted octanol–water partition coefficient (Wildman–Crippen LogP) is 1.13. The van der Waals surface area contributed by atoms with Gasteiger partial charge in [0, 0.05) is 38.6 Å². The maximum Gasteiger partial charge on any atom is 0.309 e. The van der Waals surface area contributed by atoms with Gasteiger partial charge in [-0.05, 0) is 32.6 Å². The van der Waals surface area contributed by atoms with Gasteiger partial charge in [0.2, 0.25) is 5.91 Å². The zero-order chi connectivity index (χ0) is 19.2. The lowest BCUT2D eigenvalue weighted by molar-refractivity contribution is -0.152. The van der Waals surface area contributed by atoms with E-state index in [1.807, 2.05) is 4.90 Å². The lowest BCUT2D eigenvalue weighted by Gasteiger charge is -2.37. The Kier molecular flexibility index (Phi) is 6.36. The minimum atomic E-state index is -0.196. The number of likely N-dealkylation sites (tertiary alicyclic amines) is 2. The van der Waals surface area contributed by atoms with Gasteiger partial charge in [-0.15, -0.1) is 0 Å². The van der Waals surface area contributed by atoms with Crippen molar-refractivity contribution in [1.82, 2.24) is 19.8 Å². The second kappa shape index (κ2) is 8.92. The molecule has 8 heteroatoms. The van der Waals surface area contributed by atoms with Crippen molar-refractivity contribution < 1.29 is 19.1 Å². The van der Waals surface area contributed by atoms with Gasteiger partial charge >= 0.3 is 5.97 Å². The zero-order valence-electron chi connectivity index (χ0n) is 15.7. The molecule has 1 aromatic heterocycles. The largest absolute Gasteiger partial charge is 0.466 e. The van der Waals surface area contributed by atoms with E-state index in [2.05, 4.69) is 9.97 Å². The fourth-order valence-corrected chi connectivity index (χ4v) is 3.79. The third-order valence-electron chi connectivity index (χ3n) is 5.27. The predicted molar refractivity (Wildman–Crippen MR) is 96.6 cm³/mol. The maximum absolute atomic E-state index is 12.9. The van der Waals surface area contributed by atoms with Crippen LogP contribution in [0.4, 0.5) is 0 Å². The number of rotatable bonds is 4. The lowest BCUT2D eigenvalue weighted by atomic mass is 9.92. The van der Waals surface area contributed by atoms with E-state index < -0.39 is 0 Å². The second-order valence-electron chi connectivity index (χ2n) is 7.03. The van der Waals surface area contributed by atoms with E-state index in [9.17, 15) is 14.4 Å². The Labute approximate surface area is 158 Å². The molecule has 0 radical (unpaired) electrons. The topological polar surface area (TPSA) is 92.7 Å². The van der Waals surface area contributed by atoms with Crippen molar-refractivity contribution in [2.45, 2.75) is 32.6 Å². The summed E-state index contributed by atoms with van der Waals surface area (Å²) in [6.45, 7) is 4.35. The van der Waals surface area contributed by atoms with Crippen LogP contribution in [0.1, 0.15) is 43.1 Å². The normalized spacial score (nSPS) is 21.0. The molecule has 1 atom stereocenters. The molecule has 27 heavy (non-hydrogen) atoms. The van der Waals surface area contributed by atoms with Crippen LogP contribution in [0.3, 0.4) is 0 Å². The molecular formula is C19H26N4O4. The van der Waals surface area contributed by atoms with Gasteiger partial charge in [0.15, 0.2) is 0 Å². The highest BCUT2D eigenvalue weighted by molar-refractivity contribution is 5.92. The highest BCUT2D eigenvalue weighted by Gasteiger charge is 2.34. The van der Waals surface area contributed by atoms with Crippen LogP contribution in [0.15, 0.2) is 18.6 Å². The summed E-state index contributed by atoms with van der Waals surface area (Å²) < 4.78 is 5.08. The molecule has 8 nitrogen and oxygen atoms in total. The van der Waals surface area contributed by atoms with Crippen molar-refractivity contribution in [2.24, 2.45) is 11.8 Å². The minimum Gasteiger partial charge on any atom is -0.466 e. The summed E-state index contributed by atoms with van der Waals surface area (Å²) in [5.74, 6) is -0.577. The fraction of sp³-hybridized carbons (Fsp3) is 0.632. The molecule has 2 aliphatic rings. The Morgan fingerprint density at radius 1 is 1.07 bits per heavy atom. The summed E-state index contributed by atoms with van der Waals surface area (Å²) in [4.78, 5) is 48.8. The molecule has 2 saturated heterocycles. The summed E-state index contributed by atoms with van der Waals surface area (Å²) >= 11 is 0. The van der Waals surface area contributed by atoms with Crippen molar-refractivity contribution in [3.8, 4) is 0 Å². The molecule has 3 heterocycles. The summed E-state index contributed by atoms with van der Waals surface area (Å²) in [7, 11) is 0. The second-order valence-corrected chi connectivity index (χ2v) is 7.03. The minimum absolute atomic E-state index is 0.0777. The Bertz CT molecular complexity index is 674. The van der Waals surface area contributed by atoms with Crippen LogP contribution in [0, 0.1) is 11.8 Å². The van der Waals surface area contributed by atoms with Crippen LogP contribution in [0.2, 0.25) is 0 Å². The van der Waals surface area contributed by atoms with Crippen LogP contribution in [-0.4, -0.2) is 70.3 Å². The van der Waals surface area contributed by atoms with Crippen molar-refractivity contribution >= 4 is 17.8 Å². The van der Waals surface area contributed by atoms with Gasteiger partial charge in [-0.2, -0.15) is 0 Å². The molecule has 1 unspecified atom stereocenters. The molecule has 146 valence electrons. The first-order valence-corrected chi connectivity index (χ1v) is 9.60. The number of esters is 1. The molecule has 0 N–H and O–H groups in total. The first-order valence-electron chi connectivity index (χ1n) is 9.60. The highest BCUT2D eigenvalue weighted by Crippen LogP contribution is 2.24. The highest BCUT2D eigenvalue weighted by atomic mass is 16.5. The summed E-state index contributed by atoms with van der Waals surface area (Å²) in [5, 5.41) is 0. The van der Waals surface area contributed by atoms with Crippen LogP contribution in [-0.2, 0) is 14.3 Å². The number of ether oxygens (including phenoxy) is 1. The summed E-state index contributed by atoms with van der Waals surface area (Å²) in [6.07, 6.45) is 7.32. The number of hydrogen-bond donors (Lipinski definition) is 0. The van der Waals surface area contributed by atoms with Crippen LogP contribution < -0.4 is 0 Å². The Morgan fingerprint density at radius 2 is 1.85 bits per heavy atom. The quantitative estimate of drug-likeness (QED) is 0.734. The molecule has 0 bridgehead atoms. The molecule has 0 aromatic carbocycles. The van der Waals surface area contributed by atoms with E-state index in [0.29, 0.717) is 51.3 Å². The van der Waals surface area contributed by atoms with E-state index in [4.69, 9.17) is 4.74 Å². The van der Waals surface area contributed by atoms with E-state index in [1.54, 1.807) is 11.8 Å². The van der Waals surface area contributed by atoms with Gasteiger partial charge in [0.25, 0.3) is 5.91 Å². The first-order chi connectivity index (χ1) is 13.1. The number of amides is 2. The summed E-state index contributed by atoms with van der Waals surface area (Å²) in [6, 6.07) is 0. The molecule has 2 fully saturated rings. The zero-order valence-corrected chi connectivity index (χ0v) is 15.7. The van der Waals surface area contributed by atoms with E-state index in [-0.39, 0.29) is 29.6 Å². The molecule has 1 aromatic rings. The first kappa shape index (κ1) is 19.3. The molecule has 3 rings (SSSR count). The van der Waals surface area contributed by atoms with Crippen LogP contribution >= 0.6 is 0 Å². The van der Waals surface area contributed by atoms with Crippen molar-refractivity contribution in [3.63, 3.8) is 0 Å².